The Morgan fingerprint density at radius 2 is 1.29 bits per heavy atom. The third-order valence-corrected chi connectivity index (χ3v) is 5.54. The molecule has 0 bridgehead atoms. The molecule has 4 atom stereocenters. The van der Waals surface area contributed by atoms with Gasteiger partial charge in [-0.25, -0.2) is 0 Å². The monoisotopic (exact) mass is 296 g/mol. The number of hydrogen-bond donors (Lipinski definition) is 0. The maximum Gasteiger partial charge on any atom is 0.0841 e. The van der Waals surface area contributed by atoms with Crippen molar-refractivity contribution in [2.45, 2.75) is 117 Å². The molecule has 1 heteroatoms. The number of rotatable bonds is 14. The van der Waals surface area contributed by atoms with E-state index in [0.717, 1.165) is 11.8 Å². The Kier molecular flexibility index (Phi) is 10.4. The van der Waals surface area contributed by atoms with Crippen LogP contribution in [0.1, 0.15) is 105 Å². The van der Waals surface area contributed by atoms with Gasteiger partial charge in [0.25, 0.3) is 0 Å². The van der Waals surface area contributed by atoms with E-state index >= 15 is 0 Å². The summed E-state index contributed by atoms with van der Waals surface area (Å²) in [4.78, 5) is 0. The Morgan fingerprint density at radius 1 is 0.714 bits per heavy atom. The fraction of sp³-hybridized carbons (Fsp3) is 1.00. The van der Waals surface area contributed by atoms with E-state index in [1.165, 1.54) is 77.0 Å². The highest BCUT2D eigenvalue weighted by molar-refractivity contribution is 4.84. The summed E-state index contributed by atoms with van der Waals surface area (Å²) in [6.45, 7) is 9.42. The van der Waals surface area contributed by atoms with Gasteiger partial charge in [0.15, 0.2) is 0 Å². The molecule has 1 rings (SSSR count). The Labute approximate surface area is 134 Å². The van der Waals surface area contributed by atoms with Gasteiger partial charge in [-0.2, -0.15) is 0 Å². The number of hydrogen-bond acceptors (Lipinski definition) is 1. The Morgan fingerprint density at radius 3 is 1.86 bits per heavy atom. The van der Waals surface area contributed by atoms with Crippen LogP contribution < -0.4 is 0 Å². The van der Waals surface area contributed by atoms with Crippen molar-refractivity contribution in [3.63, 3.8) is 0 Å². The molecule has 0 radical (unpaired) electrons. The van der Waals surface area contributed by atoms with Gasteiger partial charge in [-0.1, -0.05) is 91.9 Å². The fourth-order valence-corrected chi connectivity index (χ4v) is 3.31. The van der Waals surface area contributed by atoms with Gasteiger partial charge >= 0.3 is 0 Å². The molecule has 126 valence electrons. The molecular weight excluding hydrogens is 256 g/mol. The Balaban J connectivity index is 1.83. The second-order valence-electron chi connectivity index (χ2n) is 7.42. The lowest BCUT2D eigenvalue weighted by Crippen LogP contribution is -2.06. The molecule has 0 saturated carbocycles. The van der Waals surface area contributed by atoms with Crippen LogP contribution in [0.3, 0.4) is 0 Å². The lowest BCUT2D eigenvalue weighted by molar-refractivity contribution is 0.336. The van der Waals surface area contributed by atoms with Crippen molar-refractivity contribution in [3.8, 4) is 0 Å². The summed E-state index contributed by atoms with van der Waals surface area (Å²) in [5.41, 5.74) is 0. The second-order valence-corrected chi connectivity index (χ2v) is 7.42. The predicted octanol–water partition coefficient (Wildman–Crippen LogP) is 6.75. The summed E-state index contributed by atoms with van der Waals surface area (Å²) in [6, 6.07) is 0. The molecule has 0 amide bonds. The maximum absolute atomic E-state index is 5.79. The van der Waals surface area contributed by atoms with Crippen LogP contribution in [0.4, 0.5) is 0 Å². The summed E-state index contributed by atoms with van der Waals surface area (Å²) in [6.07, 6.45) is 17.8. The van der Waals surface area contributed by atoms with Crippen LogP contribution in [0.25, 0.3) is 0 Å². The van der Waals surface area contributed by atoms with Gasteiger partial charge < -0.3 is 4.74 Å². The number of ether oxygens (including phenoxy) is 1. The normalized spacial score (nSPS) is 24.0. The summed E-state index contributed by atoms with van der Waals surface area (Å²) < 4.78 is 5.79. The van der Waals surface area contributed by atoms with E-state index in [-0.39, 0.29) is 0 Å². The van der Waals surface area contributed by atoms with E-state index in [2.05, 4.69) is 27.7 Å². The van der Waals surface area contributed by atoms with E-state index in [1.54, 1.807) is 0 Å². The zero-order chi connectivity index (χ0) is 15.5. The van der Waals surface area contributed by atoms with Crippen LogP contribution in [0.2, 0.25) is 0 Å². The predicted molar refractivity (Wildman–Crippen MR) is 93.7 cm³/mol. The molecule has 0 aromatic rings. The molecule has 4 unspecified atom stereocenters. The first-order valence-electron chi connectivity index (χ1n) is 9.84. The standard InChI is InChI=1S/C20H40O/c1-5-7-8-12-15-19-20(21-19)16-13-10-9-11-14-18(4)17(3)6-2/h17-20H,5-16H2,1-4H3. The van der Waals surface area contributed by atoms with Crippen LogP contribution >= 0.6 is 0 Å². The van der Waals surface area contributed by atoms with Gasteiger partial charge in [0.05, 0.1) is 12.2 Å². The van der Waals surface area contributed by atoms with Crippen LogP contribution in [-0.2, 0) is 4.74 Å². The molecule has 0 spiro atoms. The smallest absolute Gasteiger partial charge is 0.0841 e. The van der Waals surface area contributed by atoms with Crippen LogP contribution in [0.15, 0.2) is 0 Å². The summed E-state index contributed by atoms with van der Waals surface area (Å²) >= 11 is 0. The van der Waals surface area contributed by atoms with Crippen molar-refractivity contribution >= 4 is 0 Å². The Bertz CT molecular complexity index is 238. The fourth-order valence-electron chi connectivity index (χ4n) is 3.31. The molecule has 0 aliphatic carbocycles. The summed E-state index contributed by atoms with van der Waals surface area (Å²) in [7, 11) is 0. The minimum Gasteiger partial charge on any atom is -0.370 e. The van der Waals surface area contributed by atoms with Crippen molar-refractivity contribution in [3.05, 3.63) is 0 Å². The van der Waals surface area contributed by atoms with Gasteiger partial charge in [-0.3, -0.25) is 0 Å². The minimum absolute atomic E-state index is 0.630. The quantitative estimate of drug-likeness (QED) is 0.255. The Hall–Kier alpha value is -0.0400. The average molecular weight is 297 g/mol. The van der Waals surface area contributed by atoms with Gasteiger partial charge in [-0.15, -0.1) is 0 Å². The molecule has 1 saturated heterocycles. The highest BCUT2D eigenvalue weighted by Crippen LogP contribution is 2.32. The topological polar surface area (TPSA) is 12.5 Å². The second kappa shape index (κ2) is 11.5. The molecule has 0 N–H and O–H groups in total. The van der Waals surface area contributed by atoms with Crippen molar-refractivity contribution in [1.82, 2.24) is 0 Å². The van der Waals surface area contributed by atoms with Crippen LogP contribution in [-0.4, -0.2) is 12.2 Å². The maximum atomic E-state index is 5.79. The van der Waals surface area contributed by atoms with E-state index in [9.17, 15) is 0 Å². The van der Waals surface area contributed by atoms with Crippen LogP contribution in [0.5, 0.6) is 0 Å². The van der Waals surface area contributed by atoms with Gasteiger partial charge in [0.2, 0.25) is 0 Å². The van der Waals surface area contributed by atoms with Crippen LogP contribution in [0, 0.1) is 11.8 Å². The molecule has 0 aromatic carbocycles. The van der Waals surface area contributed by atoms with Crippen molar-refractivity contribution in [2.24, 2.45) is 11.8 Å². The molecule has 21 heavy (non-hydrogen) atoms. The zero-order valence-corrected chi connectivity index (χ0v) is 15.2. The van der Waals surface area contributed by atoms with E-state index < -0.39 is 0 Å². The van der Waals surface area contributed by atoms with Crippen molar-refractivity contribution < 1.29 is 4.74 Å². The summed E-state index contributed by atoms with van der Waals surface area (Å²) in [5, 5.41) is 0. The highest BCUT2D eigenvalue weighted by atomic mass is 16.6. The minimum atomic E-state index is 0.630. The molecule has 0 aromatic heterocycles. The zero-order valence-electron chi connectivity index (χ0n) is 15.2. The third kappa shape index (κ3) is 8.86. The first kappa shape index (κ1) is 19.0. The van der Waals surface area contributed by atoms with E-state index in [4.69, 9.17) is 4.74 Å². The average Bonchev–Trinajstić information content (AvgIpc) is 3.24. The lowest BCUT2D eigenvalue weighted by atomic mass is 9.89. The molecule has 1 aliphatic heterocycles. The highest BCUT2D eigenvalue weighted by Gasteiger charge is 2.36. The molecule has 1 nitrogen and oxygen atoms in total. The molecular formula is C20H40O. The van der Waals surface area contributed by atoms with Gasteiger partial charge in [0.1, 0.15) is 0 Å². The number of unbranched alkanes of at least 4 members (excludes halogenated alkanes) is 6. The lowest BCUT2D eigenvalue weighted by Gasteiger charge is -2.17. The molecule has 1 fully saturated rings. The van der Waals surface area contributed by atoms with Crippen molar-refractivity contribution in [2.75, 3.05) is 0 Å². The first-order chi connectivity index (χ1) is 10.2. The summed E-state index contributed by atoms with van der Waals surface area (Å²) in [5.74, 6) is 1.81. The third-order valence-electron chi connectivity index (χ3n) is 5.54. The molecule has 1 heterocycles. The van der Waals surface area contributed by atoms with Crippen molar-refractivity contribution in [1.29, 1.82) is 0 Å². The number of epoxide rings is 1. The first-order valence-corrected chi connectivity index (χ1v) is 9.84. The van der Waals surface area contributed by atoms with E-state index in [0.29, 0.717) is 12.2 Å². The van der Waals surface area contributed by atoms with E-state index in [1.807, 2.05) is 0 Å². The largest absolute Gasteiger partial charge is 0.370 e. The molecule has 1 aliphatic rings. The van der Waals surface area contributed by atoms with Gasteiger partial charge in [-0.05, 0) is 24.7 Å². The van der Waals surface area contributed by atoms with Gasteiger partial charge in [0, 0.05) is 0 Å². The SMILES string of the molecule is CCCCCCC1OC1CCCCCCC(C)C(C)CC.